The summed E-state index contributed by atoms with van der Waals surface area (Å²) in [7, 11) is 1.72. The van der Waals surface area contributed by atoms with Gasteiger partial charge in [-0.15, -0.1) is 0 Å². The highest BCUT2D eigenvalue weighted by atomic mass is 19.1. The third kappa shape index (κ3) is 4.25. The van der Waals surface area contributed by atoms with Gasteiger partial charge in [0.05, 0.1) is 16.6 Å². The van der Waals surface area contributed by atoms with Crippen molar-refractivity contribution in [2.45, 2.75) is 64.5 Å². The molecule has 2 fully saturated rings. The number of nitrogens with zero attached hydrogens (tertiary/aromatic N) is 4. The highest BCUT2D eigenvalue weighted by Gasteiger charge is 2.30. The molecule has 0 atom stereocenters. The zero-order valence-corrected chi connectivity index (χ0v) is 18.4. The van der Waals surface area contributed by atoms with Crippen LogP contribution in [0.5, 0.6) is 0 Å². The topological polar surface area (TPSA) is 67.5 Å². The summed E-state index contributed by atoms with van der Waals surface area (Å²) in [5.41, 5.74) is -0.204. The minimum absolute atomic E-state index is 0.159. The van der Waals surface area contributed by atoms with E-state index in [-0.39, 0.29) is 23.9 Å². The molecule has 1 aliphatic heterocycles. The number of halogens is 1. The molecule has 1 aromatic heterocycles. The largest absolute Gasteiger partial charge is 0.369 e. The number of anilines is 1. The van der Waals surface area contributed by atoms with Crippen LogP contribution in [0.4, 0.5) is 10.1 Å². The van der Waals surface area contributed by atoms with Crippen LogP contribution < -0.4 is 16.1 Å². The third-order valence-electron chi connectivity index (χ3n) is 6.42. The molecule has 7 nitrogen and oxygen atoms in total. The van der Waals surface area contributed by atoms with Crippen molar-refractivity contribution >= 4 is 22.5 Å². The van der Waals surface area contributed by atoms with Gasteiger partial charge in [-0.3, -0.25) is 18.7 Å². The van der Waals surface area contributed by atoms with Gasteiger partial charge in [0.25, 0.3) is 5.56 Å². The van der Waals surface area contributed by atoms with E-state index >= 15 is 4.39 Å². The lowest BCUT2D eigenvalue weighted by Gasteiger charge is -2.29. The first kappa shape index (κ1) is 21.6. The van der Waals surface area contributed by atoms with Gasteiger partial charge in [-0.25, -0.2) is 9.18 Å². The van der Waals surface area contributed by atoms with Crippen LogP contribution in [0.1, 0.15) is 57.9 Å². The zero-order valence-electron chi connectivity index (χ0n) is 18.4. The van der Waals surface area contributed by atoms with Crippen LogP contribution in [0.3, 0.4) is 0 Å². The average molecular weight is 431 g/mol. The predicted molar refractivity (Wildman–Crippen MR) is 119 cm³/mol. The van der Waals surface area contributed by atoms with E-state index in [9.17, 15) is 14.4 Å². The molecule has 1 amide bonds. The van der Waals surface area contributed by atoms with Crippen LogP contribution in [0, 0.1) is 5.82 Å². The molecule has 2 aliphatic rings. The van der Waals surface area contributed by atoms with Gasteiger partial charge in [0.15, 0.2) is 0 Å². The number of piperidine rings is 1. The maximum absolute atomic E-state index is 15.0. The van der Waals surface area contributed by atoms with E-state index in [1.165, 1.54) is 15.2 Å². The van der Waals surface area contributed by atoms with Crippen molar-refractivity contribution in [3.63, 3.8) is 0 Å². The second kappa shape index (κ2) is 8.85. The Hall–Kier alpha value is -2.64. The summed E-state index contributed by atoms with van der Waals surface area (Å²) < 4.78 is 17.6. The van der Waals surface area contributed by atoms with Crippen molar-refractivity contribution in [2.75, 3.05) is 31.6 Å². The lowest BCUT2D eigenvalue weighted by atomic mass is 10.1. The molecule has 1 aliphatic carbocycles. The standard InChI is InChI=1S/C23H31FN4O3/c1-3-4-10-25(2)21(29)15-27-19-14-20(26-11-6-5-7-12-26)18(24)13-17(19)22(30)28(23(27)31)16-8-9-16/h13-14,16H,3-12,15H2,1-2H3. The van der Waals surface area contributed by atoms with Crippen LogP contribution >= 0.6 is 0 Å². The molecular formula is C23H31FN4O3. The van der Waals surface area contributed by atoms with Crippen LogP contribution in [0.25, 0.3) is 10.9 Å². The quantitative estimate of drug-likeness (QED) is 0.678. The molecule has 0 radical (unpaired) electrons. The van der Waals surface area contributed by atoms with Gasteiger partial charge < -0.3 is 9.80 Å². The molecule has 0 spiro atoms. The van der Waals surface area contributed by atoms with Crippen molar-refractivity contribution in [3.05, 3.63) is 38.8 Å². The average Bonchev–Trinajstić information content (AvgIpc) is 3.60. The summed E-state index contributed by atoms with van der Waals surface area (Å²) in [4.78, 5) is 42.8. The number of amides is 1. The SMILES string of the molecule is CCCCN(C)C(=O)Cn1c(=O)n(C2CC2)c(=O)c2cc(F)c(N3CCCCC3)cc21. The van der Waals surface area contributed by atoms with Crippen molar-refractivity contribution in [1.82, 2.24) is 14.0 Å². The summed E-state index contributed by atoms with van der Waals surface area (Å²) >= 11 is 0. The van der Waals surface area contributed by atoms with Gasteiger partial charge in [0.1, 0.15) is 12.4 Å². The van der Waals surface area contributed by atoms with Crippen molar-refractivity contribution in [2.24, 2.45) is 0 Å². The summed E-state index contributed by atoms with van der Waals surface area (Å²) in [6, 6.07) is 2.69. The fourth-order valence-corrected chi connectivity index (χ4v) is 4.36. The number of carbonyl (C=O) groups excluding carboxylic acids is 1. The van der Waals surface area contributed by atoms with Crippen LogP contribution in [-0.4, -0.2) is 46.6 Å². The number of aromatic nitrogens is 2. The van der Waals surface area contributed by atoms with E-state index in [0.717, 1.165) is 58.0 Å². The van der Waals surface area contributed by atoms with E-state index in [1.54, 1.807) is 18.0 Å². The highest BCUT2D eigenvalue weighted by molar-refractivity contribution is 5.84. The molecule has 0 unspecified atom stereocenters. The molecule has 4 rings (SSSR count). The Labute approximate surface area is 181 Å². The van der Waals surface area contributed by atoms with Crippen molar-refractivity contribution < 1.29 is 9.18 Å². The Balaban J connectivity index is 1.84. The Morgan fingerprint density at radius 3 is 2.52 bits per heavy atom. The fraction of sp³-hybridized carbons (Fsp3) is 0.609. The number of rotatable bonds is 7. The normalized spacial score (nSPS) is 16.7. The number of likely N-dealkylation sites (N-methyl/N-ethyl adjacent to an activating group) is 1. The van der Waals surface area contributed by atoms with E-state index < -0.39 is 17.1 Å². The highest BCUT2D eigenvalue weighted by Crippen LogP contribution is 2.33. The molecule has 0 bridgehead atoms. The van der Waals surface area contributed by atoms with Gasteiger partial charge in [-0.05, 0) is 50.7 Å². The molecule has 1 aromatic carbocycles. The predicted octanol–water partition coefficient (Wildman–Crippen LogP) is 2.89. The van der Waals surface area contributed by atoms with Crippen molar-refractivity contribution in [3.8, 4) is 0 Å². The molecular weight excluding hydrogens is 399 g/mol. The second-order valence-corrected chi connectivity index (χ2v) is 8.81. The van der Waals surface area contributed by atoms with E-state index in [4.69, 9.17) is 0 Å². The number of unbranched alkanes of at least 4 members (excludes halogenated alkanes) is 1. The summed E-state index contributed by atoms with van der Waals surface area (Å²) in [6.07, 6.45) is 6.41. The lowest BCUT2D eigenvalue weighted by molar-refractivity contribution is -0.130. The van der Waals surface area contributed by atoms with Gasteiger partial charge >= 0.3 is 5.69 Å². The first-order valence-corrected chi connectivity index (χ1v) is 11.4. The van der Waals surface area contributed by atoms with Gasteiger partial charge in [-0.1, -0.05) is 13.3 Å². The molecule has 168 valence electrons. The fourth-order valence-electron chi connectivity index (χ4n) is 4.36. The molecule has 8 heteroatoms. The van der Waals surface area contributed by atoms with Gasteiger partial charge in [-0.2, -0.15) is 0 Å². The van der Waals surface area contributed by atoms with Crippen LogP contribution in [0.15, 0.2) is 21.7 Å². The molecule has 1 saturated carbocycles. The Morgan fingerprint density at radius 2 is 1.87 bits per heavy atom. The molecule has 31 heavy (non-hydrogen) atoms. The van der Waals surface area contributed by atoms with Crippen LogP contribution in [0.2, 0.25) is 0 Å². The maximum Gasteiger partial charge on any atom is 0.332 e. The number of hydrogen-bond acceptors (Lipinski definition) is 4. The number of hydrogen-bond donors (Lipinski definition) is 0. The molecule has 0 N–H and O–H groups in total. The van der Waals surface area contributed by atoms with Crippen molar-refractivity contribution in [1.29, 1.82) is 0 Å². The molecule has 2 aromatic rings. The number of carbonyl (C=O) groups is 1. The van der Waals surface area contributed by atoms with E-state index in [1.807, 2.05) is 4.90 Å². The Morgan fingerprint density at radius 1 is 1.16 bits per heavy atom. The van der Waals surface area contributed by atoms with Crippen LogP contribution in [-0.2, 0) is 11.3 Å². The number of benzene rings is 1. The second-order valence-electron chi connectivity index (χ2n) is 8.81. The summed E-state index contributed by atoms with van der Waals surface area (Å²) in [5, 5.41) is 0.161. The van der Waals surface area contributed by atoms with E-state index in [0.29, 0.717) is 17.7 Å². The molecule has 2 heterocycles. The first-order valence-electron chi connectivity index (χ1n) is 11.4. The van der Waals surface area contributed by atoms with E-state index in [2.05, 4.69) is 6.92 Å². The maximum atomic E-state index is 15.0. The first-order chi connectivity index (χ1) is 14.9. The zero-order chi connectivity index (χ0) is 22.1. The third-order valence-corrected chi connectivity index (χ3v) is 6.42. The lowest BCUT2D eigenvalue weighted by Crippen LogP contribution is -2.43. The monoisotopic (exact) mass is 430 g/mol. The smallest absolute Gasteiger partial charge is 0.332 e. The Kier molecular flexibility index (Phi) is 6.16. The number of fused-ring (bicyclic) bond motifs is 1. The summed E-state index contributed by atoms with van der Waals surface area (Å²) in [6.45, 7) is 3.99. The minimum atomic E-state index is -0.478. The van der Waals surface area contributed by atoms with Gasteiger partial charge in [0, 0.05) is 32.7 Å². The summed E-state index contributed by atoms with van der Waals surface area (Å²) in [5.74, 6) is -0.646. The molecule has 1 saturated heterocycles. The Bertz CT molecular complexity index is 1100. The van der Waals surface area contributed by atoms with Gasteiger partial charge in [0.2, 0.25) is 5.91 Å². The minimum Gasteiger partial charge on any atom is -0.369 e.